The van der Waals surface area contributed by atoms with E-state index in [0.29, 0.717) is 6.61 Å². The van der Waals surface area contributed by atoms with Crippen molar-refractivity contribution in [3.8, 4) is 0 Å². The molecule has 0 rings (SSSR count). The van der Waals surface area contributed by atoms with Crippen LogP contribution in [0, 0.1) is 0 Å². The molecule has 0 spiro atoms. The van der Waals surface area contributed by atoms with Gasteiger partial charge in [0.2, 0.25) is 0 Å². The third kappa shape index (κ3) is 9.96. The predicted octanol–water partition coefficient (Wildman–Crippen LogP) is 4.63. The topological polar surface area (TPSA) is 44.8 Å². The maximum absolute atomic E-state index is 11.0. The summed E-state index contributed by atoms with van der Waals surface area (Å²) in [5.74, 6) is -0.934. The van der Waals surface area contributed by atoms with Gasteiger partial charge in [0.1, 0.15) is 0 Å². The Kier molecular flexibility index (Phi) is 13.2. The summed E-state index contributed by atoms with van der Waals surface area (Å²) in [5.41, 5.74) is 0. The second-order valence-electron chi connectivity index (χ2n) is 5.67. The average molecular weight is 314 g/mol. The van der Waals surface area contributed by atoms with E-state index >= 15 is 0 Å². The van der Waals surface area contributed by atoms with Gasteiger partial charge in [0.05, 0.1) is 6.61 Å². The molecular formula is C18H34O4. The summed E-state index contributed by atoms with van der Waals surface area (Å²) in [5, 5.41) is 0. The lowest BCUT2D eigenvalue weighted by Crippen LogP contribution is -2.34. The molecule has 130 valence electrons. The standard InChI is InChI=1S/C18H34O4/c1-5-7-8-9-10-11-12-14-18(20-3,21-4)15-13-16-22-17(19)6-2/h6H,2,5,7-16H2,1,3-4H3. The molecule has 4 nitrogen and oxygen atoms in total. The second kappa shape index (κ2) is 13.8. The summed E-state index contributed by atoms with van der Waals surface area (Å²) in [4.78, 5) is 11.0. The van der Waals surface area contributed by atoms with Crippen molar-refractivity contribution in [3.63, 3.8) is 0 Å². The summed E-state index contributed by atoms with van der Waals surface area (Å²) in [6.07, 6.45) is 12.4. The largest absolute Gasteiger partial charge is 0.463 e. The lowest BCUT2D eigenvalue weighted by atomic mass is 10.0. The van der Waals surface area contributed by atoms with Gasteiger partial charge in [-0.3, -0.25) is 0 Å². The number of unbranched alkanes of at least 4 members (excludes halogenated alkanes) is 6. The molecule has 4 heteroatoms. The van der Waals surface area contributed by atoms with Crippen molar-refractivity contribution in [1.82, 2.24) is 0 Å². The fourth-order valence-electron chi connectivity index (χ4n) is 2.54. The molecule has 0 aliphatic carbocycles. The Hall–Kier alpha value is -0.870. The van der Waals surface area contributed by atoms with E-state index in [1.54, 1.807) is 14.2 Å². The molecule has 0 radical (unpaired) electrons. The first-order valence-corrected chi connectivity index (χ1v) is 8.53. The minimum absolute atomic E-state index is 0.371. The molecule has 0 aliphatic heterocycles. The van der Waals surface area contributed by atoms with Crippen molar-refractivity contribution in [2.75, 3.05) is 20.8 Å². The molecule has 0 aromatic rings. The van der Waals surface area contributed by atoms with Gasteiger partial charge in [0, 0.05) is 33.1 Å². The number of hydrogen-bond donors (Lipinski definition) is 0. The summed E-state index contributed by atoms with van der Waals surface area (Å²) in [6, 6.07) is 0. The van der Waals surface area contributed by atoms with E-state index in [4.69, 9.17) is 14.2 Å². The molecule has 0 heterocycles. The van der Waals surface area contributed by atoms with Crippen LogP contribution in [0.15, 0.2) is 12.7 Å². The first kappa shape index (κ1) is 21.1. The Morgan fingerprint density at radius 2 is 1.50 bits per heavy atom. The number of methoxy groups -OCH3 is 2. The van der Waals surface area contributed by atoms with Gasteiger partial charge in [-0.2, -0.15) is 0 Å². The maximum Gasteiger partial charge on any atom is 0.330 e. The number of rotatable bonds is 15. The third-order valence-corrected chi connectivity index (χ3v) is 4.02. The molecule has 0 amide bonds. The third-order valence-electron chi connectivity index (χ3n) is 4.02. The minimum Gasteiger partial charge on any atom is -0.463 e. The van der Waals surface area contributed by atoms with Gasteiger partial charge in [-0.1, -0.05) is 52.0 Å². The zero-order valence-electron chi connectivity index (χ0n) is 14.7. The van der Waals surface area contributed by atoms with Gasteiger partial charge in [-0.05, 0) is 12.8 Å². The van der Waals surface area contributed by atoms with Crippen LogP contribution in [0.5, 0.6) is 0 Å². The van der Waals surface area contributed by atoms with E-state index in [1.165, 1.54) is 44.6 Å². The first-order valence-electron chi connectivity index (χ1n) is 8.53. The number of esters is 1. The van der Waals surface area contributed by atoms with Crippen LogP contribution in [0.3, 0.4) is 0 Å². The quantitative estimate of drug-likeness (QED) is 0.191. The van der Waals surface area contributed by atoms with Crippen LogP contribution in [-0.4, -0.2) is 32.6 Å². The van der Waals surface area contributed by atoms with Crippen LogP contribution in [0.1, 0.15) is 71.1 Å². The zero-order valence-corrected chi connectivity index (χ0v) is 14.7. The van der Waals surface area contributed by atoms with Crippen molar-refractivity contribution in [1.29, 1.82) is 0 Å². The van der Waals surface area contributed by atoms with Crippen molar-refractivity contribution >= 4 is 5.97 Å². The van der Waals surface area contributed by atoms with Crippen LogP contribution in [0.25, 0.3) is 0 Å². The second-order valence-corrected chi connectivity index (χ2v) is 5.67. The van der Waals surface area contributed by atoms with E-state index in [0.717, 1.165) is 25.7 Å². The highest BCUT2D eigenvalue weighted by Gasteiger charge is 2.28. The van der Waals surface area contributed by atoms with E-state index in [9.17, 15) is 4.79 Å². The summed E-state index contributed by atoms with van der Waals surface area (Å²) < 4.78 is 16.2. The Bertz CT molecular complexity index is 285. The molecule has 0 aromatic carbocycles. The van der Waals surface area contributed by atoms with Crippen LogP contribution < -0.4 is 0 Å². The number of ether oxygens (including phenoxy) is 3. The van der Waals surface area contributed by atoms with Crippen LogP contribution in [-0.2, 0) is 19.0 Å². The van der Waals surface area contributed by atoms with Gasteiger partial charge < -0.3 is 14.2 Å². The predicted molar refractivity (Wildman–Crippen MR) is 89.7 cm³/mol. The van der Waals surface area contributed by atoms with Crippen molar-refractivity contribution in [2.24, 2.45) is 0 Å². The fraction of sp³-hybridized carbons (Fsp3) is 0.833. The highest BCUT2D eigenvalue weighted by atomic mass is 16.7. The van der Waals surface area contributed by atoms with Gasteiger partial charge >= 0.3 is 5.97 Å². The summed E-state index contributed by atoms with van der Waals surface area (Å²) in [7, 11) is 3.36. The average Bonchev–Trinajstić information content (AvgIpc) is 2.55. The van der Waals surface area contributed by atoms with E-state index in [-0.39, 0.29) is 5.97 Å². The molecule has 22 heavy (non-hydrogen) atoms. The fourth-order valence-corrected chi connectivity index (χ4v) is 2.54. The molecule has 0 aromatic heterocycles. The lowest BCUT2D eigenvalue weighted by Gasteiger charge is -2.31. The number of hydrogen-bond acceptors (Lipinski definition) is 4. The van der Waals surface area contributed by atoms with Crippen molar-refractivity contribution < 1.29 is 19.0 Å². The molecule has 0 unspecified atom stereocenters. The smallest absolute Gasteiger partial charge is 0.330 e. The summed E-state index contributed by atoms with van der Waals surface area (Å²) >= 11 is 0. The Labute approximate surface area is 136 Å². The van der Waals surface area contributed by atoms with Gasteiger partial charge in [0.15, 0.2) is 5.79 Å². The molecule has 0 aliphatic rings. The SMILES string of the molecule is C=CC(=O)OCCCC(CCCCCCCCC)(OC)OC. The first-order chi connectivity index (χ1) is 10.6. The van der Waals surface area contributed by atoms with Crippen molar-refractivity contribution in [3.05, 3.63) is 12.7 Å². The van der Waals surface area contributed by atoms with Crippen molar-refractivity contribution in [2.45, 2.75) is 76.9 Å². The molecule has 0 bridgehead atoms. The molecule has 0 saturated carbocycles. The van der Waals surface area contributed by atoms with Crippen LogP contribution >= 0.6 is 0 Å². The monoisotopic (exact) mass is 314 g/mol. The minimum atomic E-state index is -0.552. The normalized spacial score (nSPS) is 11.4. The van der Waals surface area contributed by atoms with Gasteiger partial charge in [-0.25, -0.2) is 4.79 Å². The highest BCUT2D eigenvalue weighted by molar-refractivity contribution is 5.81. The lowest BCUT2D eigenvalue weighted by molar-refractivity contribution is -0.217. The Balaban J connectivity index is 3.90. The molecule has 0 fully saturated rings. The number of carbonyl (C=O) groups excluding carboxylic acids is 1. The zero-order chi connectivity index (χ0) is 16.7. The van der Waals surface area contributed by atoms with E-state index < -0.39 is 5.79 Å². The van der Waals surface area contributed by atoms with E-state index in [2.05, 4.69) is 13.5 Å². The molecule has 0 atom stereocenters. The van der Waals surface area contributed by atoms with Crippen LogP contribution in [0.4, 0.5) is 0 Å². The molecule has 0 N–H and O–H groups in total. The number of carbonyl (C=O) groups is 1. The molecular weight excluding hydrogens is 280 g/mol. The van der Waals surface area contributed by atoms with Crippen LogP contribution in [0.2, 0.25) is 0 Å². The van der Waals surface area contributed by atoms with Gasteiger partial charge in [0.25, 0.3) is 0 Å². The Morgan fingerprint density at radius 1 is 0.955 bits per heavy atom. The molecule has 0 saturated heterocycles. The van der Waals surface area contributed by atoms with E-state index in [1.807, 2.05) is 0 Å². The maximum atomic E-state index is 11.0. The Morgan fingerprint density at radius 3 is 2.05 bits per heavy atom. The van der Waals surface area contributed by atoms with Gasteiger partial charge in [-0.15, -0.1) is 0 Å². The summed E-state index contributed by atoms with van der Waals surface area (Å²) in [6.45, 7) is 5.98. The highest BCUT2D eigenvalue weighted by Crippen LogP contribution is 2.26.